The monoisotopic (exact) mass is 664 g/mol. The van der Waals surface area contributed by atoms with Gasteiger partial charge >= 0.3 is 0 Å². The van der Waals surface area contributed by atoms with Gasteiger partial charge in [0.15, 0.2) is 0 Å². The molecule has 0 fully saturated rings. The summed E-state index contributed by atoms with van der Waals surface area (Å²) in [4.78, 5) is 59.0. The largest absolute Gasteiger partial charge is 0.497 e. The van der Waals surface area contributed by atoms with Gasteiger partial charge in [-0.25, -0.2) is 4.90 Å². The molecular weight excluding hydrogens is 624 g/mol. The second-order valence-electron chi connectivity index (χ2n) is 13.9. The summed E-state index contributed by atoms with van der Waals surface area (Å²) in [6.45, 7) is 4.83. The Kier molecular flexibility index (Phi) is 8.01. The van der Waals surface area contributed by atoms with E-state index < -0.39 is 0 Å². The molecular formula is C43H40N2O5. The van der Waals surface area contributed by atoms with Crippen molar-refractivity contribution in [2.75, 3.05) is 18.6 Å². The zero-order valence-corrected chi connectivity index (χ0v) is 28.8. The molecule has 6 aromatic carbocycles. The molecule has 0 N–H and O–H groups in total. The van der Waals surface area contributed by atoms with Gasteiger partial charge in [-0.3, -0.25) is 24.1 Å². The topological polar surface area (TPSA) is 84.0 Å². The number of unbranched alkanes of at least 4 members (excludes halogenated alkanes) is 4. The van der Waals surface area contributed by atoms with E-state index in [0.29, 0.717) is 51.0 Å². The average molecular weight is 665 g/mol. The number of fused-ring (bicyclic) bond motifs is 2. The molecule has 0 bridgehead atoms. The first-order chi connectivity index (χ1) is 24.4. The maximum Gasteiger partial charge on any atom is 0.265 e. The van der Waals surface area contributed by atoms with Gasteiger partial charge in [0, 0.05) is 39.6 Å². The first kappa shape index (κ1) is 31.9. The van der Waals surface area contributed by atoms with Crippen LogP contribution >= 0.6 is 0 Å². The van der Waals surface area contributed by atoms with Crippen LogP contribution in [0.1, 0.15) is 107 Å². The summed E-state index contributed by atoms with van der Waals surface area (Å²) < 4.78 is 5.27. The highest BCUT2D eigenvalue weighted by Gasteiger charge is 2.38. The number of imide groups is 2. The Morgan fingerprint density at radius 3 is 1.44 bits per heavy atom. The van der Waals surface area contributed by atoms with Crippen LogP contribution in [0.4, 0.5) is 5.69 Å². The molecule has 4 amide bonds. The third-order valence-electron chi connectivity index (χ3n) is 10.9. The third-order valence-corrected chi connectivity index (χ3v) is 10.9. The number of methoxy groups -OCH3 is 1. The second kappa shape index (κ2) is 12.5. The van der Waals surface area contributed by atoms with Crippen LogP contribution in [0.15, 0.2) is 72.8 Å². The smallest absolute Gasteiger partial charge is 0.265 e. The number of amides is 4. The Labute approximate surface area is 291 Å². The van der Waals surface area contributed by atoms with Crippen molar-refractivity contribution in [1.82, 2.24) is 4.90 Å². The molecule has 0 spiro atoms. The van der Waals surface area contributed by atoms with Crippen molar-refractivity contribution < 1.29 is 23.9 Å². The molecule has 50 heavy (non-hydrogen) atoms. The van der Waals surface area contributed by atoms with E-state index in [-0.39, 0.29) is 29.5 Å². The summed E-state index contributed by atoms with van der Waals surface area (Å²) in [6, 6.07) is 22.0. The number of rotatable bonds is 12. The molecule has 0 aromatic heterocycles. The lowest BCUT2D eigenvalue weighted by Gasteiger charge is -2.32. The van der Waals surface area contributed by atoms with Crippen LogP contribution in [-0.4, -0.2) is 42.2 Å². The normalized spacial score (nSPS) is 15.0. The summed E-state index contributed by atoms with van der Waals surface area (Å²) >= 11 is 0. The fourth-order valence-corrected chi connectivity index (χ4v) is 8.39. The van der Waals surface area contributed by atoms with Crippen molar-refractivity contribution in [3.63, 3.8) is 0 Å². The van der Waals surface area contributed by atoms with Gasteiger partial charge in [-0.15, -0.1) is 0 Å². The highest BCUT2D eigenvalue weighted by Crippen LogP contribution is 2.46. The van der Waals surface area contributed by atoms with E-state index >= 15 is 0 Å². The number of carbonyl (C=O) groups is 4. The number of benzene rings is 6. The Hall–Kier alpha value is -5.30. The van der Waals surface area contributed by atoms with Crippen molar-refractivity contribution in [2.45, 2.75) is 65.2 Å². The van der Waals surface area contributed by atoms with E-state index in [2.05, 4.69) is 13.8 Å². The Bertz CT molecular complexity index is 2240. The molecule has 2 aliphatic heterocycles. The van der Waals surface area contributed by atoms with Gasteiger partial charge in [0.25, 0.3) is 23.6 Å². The lowest BCUT2D eigenvalue weighted by molar-refractivity contribution is 0.0577. The minimum Gasteiger partial charge on any atom is -0.497 e. The van der Waals surface area contributed by atoms with Crippen LogP contribution in [-0.2, 0) is 0 Å². The van der Waals surface area contributed by atoms with E-state index in [9.17, 15) is 19.2 Å². The molecule has 2 heterocycles. The molecule has 7 nitrogen and oxygen atoms in total. The van der Waals surface area contributed by atoms with Gasteiger partial charge < -0.3 is 4.74 Å². The summed E-state index contributed by atoms with van der Waals surface area (Å²) in [5.41, 5.74) is 2.49. The lowest BCUT2D eigenvalue weighted by Crippen LogP contribution is -2.43. The molecule has 6 aromatic rings. The minimum absolute atomic E-state index is 0.230. The van der Waals surface area contributed by atoms with Gasteiger partial charge in [-0.05, 0) is 99.6 Å². The van der Waals surface area contributed by atoms with E-state index in [4.69, 9.17) is 4.74 Å². The summed E-state index contributed by atoms with van der Waals surface area (Å²) in [7, 11) is 1.57. The van der Waals surface area contributed by atoms with E-state index in [1.165, 1.54) is 29.1 Å². The lowest BCUT2D eigenvalue weighted by atomic mass is 9.82. The van der Waals surface area contributed by atoms with Crippen LogP contribution in [0.5, 0.6) is 5.75 Å². The van der Waals surface area contributed by atoms with Gasteiger partial charge in [-0.2, -0.15) is 0 Å². The van der Waals surface area contributed by atoms with Crippen molar-refractivity contribution in [2.24, 2.45) is 5.92 Å². The molecule has 2 aliphatic rings. The number of carbonyl (C=O) groups excluding carboxylic acids is 4. The van der Waals surface area contributed by atoms with E-state index in [1.807, 2.05) is 36.4 Å². The minimum atomic E-state index is -0.383. The number of hydrogen-bond acceptors (Lipinski definition) is 5. The van der Waals surface area contributed by atoms with Gasteiger partial charge in [0.05, 0.1) is 12.8 Å². The second-order valence-corrected chi connectivity index (χ2v) is 13.9. The Morgan fingerprint density at radius 2 is 0.980 bits per heavy atom. The molecule has 0 saturated heterocycles. The number of ether oxygens (including phenoxy) is 1. The van der Waals surface area contributed by atoms with Crippen LogP contribution in [0.3, 0.4) is 0 Å². The SMILES string of the molecule is CCCCCCC(CCCC)CN1C(=O)c2ccc3c4ccc5c6c(ccc(c7ccc(c2c37)C1=O)c64)C(=O)N(c1ccc(OC)cc1)C5=O. The summed E-state index contributed by atoms with van der Waals surface area (Å²) in [5.74, 6) is -0.308. The average Bonchev–Trinajstić information content (AvgIpc) is 3.14. The van der Waals surface area contributed by atoms with Crippen LogP contribution in [0.25, 0.3) is 43.1 Å². The van der Waals surface area contributed by atoms with Crippen molar-refractivity contribution >= 4 is 72.4 Å². The zero-order valence-electron chi connectivity index (χ0n) is 28.8. The Morgan fingerprint density at radius 1 is 0.520 bits per heavy atom. The molecule has 8 rings (SSSR count). The molecule has 0 radical (unpaired) electrons. The maximum absolute atomic E-state index is 14.2. The highest BCUT2D eigenvalue weighted by molar-refractivity contribution is 6.43. The number of nitrogens with zero attached hydrogens (tertiary/aromatic N) is 2. The predicted molar refractivity (Wildman–Crippen MR) is 199 cm³/mol. The summed E-state index contributed by atoms with van der Waals surface area (Å²) in [5, 5.41) is 6.56. The first-order valence-electron chi connectivity index (χ1n) is 18.0. The number of hydrogen-bond donors (Lipinski definition) is 0. The fourth-order valence-electron chi connectivity index (χ4n) is 8.39. The first-order valence-corrected chi connectivity index (χ1v) is 18.0. The summed E-state index contributed by atoms with van der Waals surface area (Å²) in [6.07, 6.45) is 8.86. The van der Waals surface area contributed by atoms with E-state index in [1.54, 1.807) is 43.5 Å². The van der Waals surface area contributed by atoms with Crippen molar-refractivity contribution in [3.05, 3.63) is 95.1 Å². The quantitative estimate of drug-likeness (QED) is 0.0563. The molecule has 252 valence electrons. The highest BCUT2D eigenvalue weighted by atomic mass is 16.5. The zero-order chi connectivity index (χ0) is 34.7. The van der Waals surface area contributed by atoms with Crippen molar-refractivity contribution in [3.8, 4) is 5.75 Å². The third kappa shape index (κ3) is 4.77. The van der Waals surface area contributed by atoms with Crippen LogP contribution in [0.2, 0.25) is 0 Å². The van der Waals surface area contributed by atoms with Crippen LogP contribution in [0, 0.1) is 5.92 Å². The van der Waals surface area contributed by atoms with Crippen molar-refractivity contribution in [1.29, 1.82) is 0 Å². The fraction of sp³-hybridized carbons (Fsp3) is 0.302. The molecule has 1 unspecified atom stereocenters. The molecule has 0 saturated carbocycles. The molecule has 0 aliphatic carbocycles. The van der Waals surface area contributed by atoms with Gasteiger partial charge in [0.2, 0.25) is 0 Å². The van der Waals surface area contributed by atoms with Crippen LogP contribution < -0.4 is 9.64 Å². The van der Waals surface area contributed by atoms with Gasteiger partial charge in [0.1, 0.15) is 5.75 Å². The number of anilines is 1. The maximum atomic E-state index is 14.2. The molecule has 7 heteroatoms. The predicted octanol–water partition coefficient (Wildman–Crippen LogP) is 9.92. The van der Waals surface area contributed by atoms with E-state index in [0.717, 1.165) is 64.4 Å². The molecule has 1 atom stereocenters. The van der Waals surface area contributed by atoms with Gasteiger partial charge in [-0.1, -0.05) is 76.6 Å². The Balaban J connectivity index is 1.24. The standard InChI is InChI=1S/C43H40N2O5/c1-4-6-8-9-11-25(10-7-5-2)24-44-40(46)32-20-16-28-30-18-22-34-39-35(43(49)45(42(34)48)26-12-14-27(50-3)15-13-26)23-19-31(37(30)39)29-17-21-33(41(44)47)38(32)36(28)29/h12-23,25H,4-11,24H2,1-3H3.